The lowest BCUT2D eigenvalue weighted by Crippen LogP contribution is -2.16. The lowest BCUT2D eigenvalue weighted by Gasteiger charge is -2.12. The van der Waals surface area contributed by atoms with Crippen molar-refractivity contribution in [2.45, 2.75) is 12.7 Å². The molecular formula is C10H14F3N3O. The number of aromatic nitrogens is 1. The van der Waals surface area contributed by atoms with Crippen molar-refractivity contribution in [3.63, 3.8) is 0 Å². The normalized spacial score (nSPS) is 11.6. The molecule has 17 heavy (non-hydrogen) atoms. The van der Waals surface area contributed by atoms with Gasteiger partial charge in [-0.2, -0.15) is 13.2 Å². The van der Waals surface area contributed by atoms with Crippen LogP contribution in [0.1, 0.15) is 11.3 Å². The number of hydrogen-bond acceptors (Lipinski definition) is 4. The van der Waals surface area contributed by atoms with E-state index in [1.807, 2.05) is 0 Å². The molecule has 0 saturated heterocycles. The largest absolute Gasteiger partial charge is 0.433 e. The maximum Gasteiger partial charge on any atom is 0.433 e. The number of nitrogens with two attached hydrogens (primary N) is 1. The summed E-state index contributed by atoms with van der Waals surface area (Å²) in [6.45, 7) is 0.875. The fourth-order valence-corrected chi connectivity index (χ4v) is 1.24. The molecule has 0 amide bonds. The van der Waals surface area contributed by atoms with Crippen LogP contribution in [0, 0.1) is 0 Å². The van der Waals surface area contributed by atoms with Crippen LogP contribution in [0.3, 0.4) is 0 Å². The molecule has 0 saturated carbocycles. The molecule has 0 unspecified atom stereocenters. The summed E-state index contributed by atoms with van der Waals surface area (Å²) < 4.78 is 42.1. The van der Waals surface area contributed by atoms with Gasteiger partial charge in [0.25, 0.3) is 0 Å². The van der Waals surface area contributed by atoms with E-state index < -0.39 is 11.9 Å². The number of methoxy groups -OCH3 is 1. The minimum Gasteiger partial charge on any atom is -0.383 e. The molecule has 0 bridgehead atoms. The van der Waals surface area contributed by atoms with Crippen molar-refractivity contribution in [2.75, 3.05) is 25.6 Å². The van der Waals surface area contributed by atoms with Crippen LogP contribution in [-0.4, -0.2) is 25.2 Å². The fourth-order valence-electron chi connectivity index (χ4n) is 1.24. The Balaban J connectivity index is 2.90. The number of alkyl halides is 3. The number of ether oxygens (including phenoxy) is 1. The van der Waals surface area contributed by atoms with Gasteiger partial charge < -0.3 is 15.8 Å². The Hall–Kier alpha value is -1.34. The molecule has 0 aliphatic heterocycles. The predicted octanol–water partition coefficient (Wildman–Crippen LogP) is 1.62. The first-order valence-corrected chi connectivity index (χ1v) is 4.99. The lowest BCUT2D eigenvalue weighted by atomic mass is 10.2. The first kappa shape index (κ1) is 13.7. The Kier molecular flexibility index (Phi) is 4.71. The predicted molar refractivity (Wildman–Crippen MR) is 57.5 cm³/mol. The van der Waals surface area contributed by atoms with Crippen molar-refractivity contribution in [2.24, 2.45) is 5.73 Å². The molecule has 1 aromatic heterocycles. The monoisotopic (exact) mass is 249 g/mol. The third-order valence-corrected chi connectivity index (χ3v) is 2.09. The molecule has 1 heterocycles. The zero-order valence-corrected chi connectivity index (χ0v) is 9.34. The van der Waals surface area contributed by atoms with Crippen molar-refractivity contribution < 1.29 is 17.9 Å². The van der Waals surface area contributed by atoms with Gasteiger partial charge in [-0.05, 0) is 6.07 Å². The standard InChI is InChI=1S/C10H14F3N3O/c1-17-5-4-15-9-7(6-14)2-3-8(16-9)10(11,12)13/h2-3H,4-6,14H2,1H3,(H,15,16). The molecule has 3 N–H and O–H groups in total. The van der Waals surface area contributed by atoms with Crippen LogP contribution in [0.5, 0.6) is 0 Å². The smallest absolute Gasteiger partial charge is 0.383 e. The summed E-state index contributed by atoms with van der Waals surface area (Å²) in [6, 6.07) is 2.24. The Labute approximate surface area is 97.0 Å². The Morgan fingerprint density at radius 3 is 2.65 bits per heavy atom. The van der Waals surface area contributed by atoms with E-state index in [-0.39, 0.29) is 12.4 Å². The topological polar surface area (TPSA) is 60.2 Å². The van der Waals surface area contributed by atoms with E-state index >= 15 is 0 Å². The highest BCUT2D eigenvalue weighted by molar-refractivity contribution is 5.45. The SMILES string of the molecule is COCCNc1nc(C(F)(F)F)ccc1CN. The molecule has 0 radical (unpaired) electrons. The van der Waals surface area contributed by atoms with Crippen LogP contribution >= 0.6 is 0 Å². The summed E-state index contributed by atoms with van der Waals surface area (Å²) in [6.07, 6.45) is -4.45. The minimum absolute atomic E-state index is 0.125. The van der Waals surface area contributed by atoms with Crippen LogP contribution in [0.2, 0.25) is 0 Å². The highest BCUT2D eigenvalue weighted by Crippen LogP contribution is 2.29. The Morgan fingerprint density at radius 2 is 2.12 bits per heavy atom. The molecule has 96 valence electrons. The molecule has 0 fully saturated rings. The Morgan fingerprint density at radius 1 is 1.41 bits per heavy atom. The molecular weight excluding hydrogens is 235 g/mol. The second kappa shape index (κ2) is 5.83. The van der Waals surface area contributed by atoms with Gasteiger partial charge in [0.15, 0.2) is 0 Å². The van der Waals surface area contributed by atoms with Gasteiger partial charge in [0, 0.05) is 25.8 Å². The van der Waals surface area contributed by atoms with E-state index in [4.69, 9.17) is 10.5 Å². The van der Waals surface area contributed by atoms with E-state index in [1.165, 1.54) is 13.2 Å². The van der Waals surface area contributed by atoms with Crippen LogP contribution < -0.4 is 11.1 Å². The molecule has 4 nitrogen and oxygen atoms in total. The molecule has 0 aliphatic rings. The number of hydrogen-bond donors (Lipinski definition) is 2. The van der Waals surface area contributed by atoms with Crippen LogP contribution in [0.4, 0.5) is 19.0 Å². The highest BCUT2D eigenvalue weighted by atomic mass is 19.4. The second-order valence-electron chi connectivity index (χ2n) is 3.33. The molecule has 1 aromatic rings. The minimum atomic E-state index is -4.45. The summed E-state index contributed by atoms with van der Waals surface area (Å²) in [5, 5.41) is 2.76. The summed E-state index contributed by atoms with van der Waals surface area (Å²) in [5.74, 6) is 0.152. The zero-order chi connectivity index (χ0) is 12.9. The molecule has 0 atom stereocenters. The third-order valence-electron chi connectivity index (χ3n) is 2.09. The van der Waals surface area contributed by atoms with E-state index in [0.717, 1.165) is 6.07 Å². The molecule has 0 spiro atoms. The fraction of sp³-hybridized carbons (Fsp3) is 0.500. The Bertz CT molecular complexity index is 368. The maximum atomic E-state index is 12.4. The van der Waals surface area contributed by atoms with E-state index in [0.29, 0.717) is 18.7 Å². The lowest BCUT2D eigenvalue weighted by molar-refractivity contribution is -0.141. The van der Waals surface area contributed by atoms with Gasteiger partial charge in [0.2, 0.25) is 0 Å². The van der Waals surface area contributed by atoms with Crippen molar-refractivity contribution in [3.8, 4) is 0 Å². The first-order valence-electron chi connectivity index (χ1n) is 4.99. The van der Waals surface area contributed by atoms with Gasteiger partial charge in [-0.15, -0.1) is 0 Å². The van der Waals surface area contributed by atoms with E-state index in [1.54, 1.807) is 0 Å². The van der Waals surface area contributed by atoms with Crippen molar-refractivity contribution >= 4 is 5.82 Å². The summed E-state index contributed by atoms with van der Waals surface area (Å²) in [5.41, 5.74) is 5.02. The third kappa shape index (κ3) is 3.86. The van der Waals surface area contributed by atoms with Crippen LogP contribution in [0.25, 0.3) is 0 Å². The van der Waals surface area contributed by atoms with Crippen molar-refractivity contribution in [1.29, 1.82) is 0 Å². The number of rotatable bonds is 5. The van der Waals surface area contributed by atoms with Crippen molar-refractivity contribution in [1.82, 2.24) is 4.98 Å². The summed E-state index contributed by atoms with van der Waals surface area (Å²) >= 11 is 0. The van der Waals surface area contributed by atoms with Gasteiger partial charge in [-0.25, -0.2) is 4.98 Å². The molecule has 0 aromatic carbocycles. The van der Waals surface area contributed by atoms with E-state index in [2.05, 4.69) is 10.3 Å². The number of halogens is 3. The van der Waals surface area contributed by atoms with Gasteiger partial charge in [-0.1, -0.05) is 6.07 Å². The van der Waals surface area contributed by atoms with Gasteiger partial charge in [0.05, 0.1) is 6.61 Å². The molecule has 0 aliphatic carbocycles. The number of nitrogens with zero attached hydrogens (tertiary/aromatic N) is 1. The van der Waals surface area contributed by atoms with Crippen LogP contribution in [0.15, 0.2) is 12.1 Å². The van der Waals surface area contributed by atoms with Crippen LogP contribution in [-0.2, 0) is 17.5 Å². The first-order chi connectivity index (χ1) is 7.99. The number of nitrogens with one attached hydrogen (secondary N) is 1. The van der Waals surface area contributed by atoms with E-state index in [9.17, 15) is 13.2 Å². The van der Waals surface area contributed by atoms with Crippen molar-refractivity contribution in [3.05, 3.63) is 23.4 Å². The molecule has 1 rings (SSSR count). The second-order valence-corrected chi connectivity index (χ2v) is 3.33. The average Bonchev–Trinajstić information content (AvgIpc) is 2.28. The highest BCUT2D eigenvalue weighted by Gasteiger charge is 2.32. The average molecular weight is 249 g/mol. The molecule has 7 heteroatoms. The van der Waals surface area contributed by atoms with Gasteiger partial charge in [0.1, 0.15) is 11.5 Å². The number of pyridine rings is 1. The summed E-state index contributed by atoms with van der Waals surface area (Å²) in [7, 11) is 1.51. The van der Waals surface area contributed by atoms with Gasteiger partial charge in [-0.3, -0.25) is 0 Å². The number of anilines is 1. The van der Waals surface area contributed by atoms with Gasteiger partial charge >= 0.3 is 6.18 Å². The quantitative estimate of drug-likeness (QED) is 0.778. The zero-order valence-electron chi connectivity index (χ0n) is 9.34. The summed E-state index contributed by atoms with van der Waals surface area (Å²) in [4.78, 5) is 3.51. The maximum absolute atomic E-state index is 12.4.